The van der Waals surface area contributed by atoms with Crippen LogP contribution in [-0.2, 0) is 43.5 Å². The number of rotatable bonds is 22. The van der Waals surface area contributed by atoms with Crippen LogP contribution in [0.4, 0.5) is 0 Å². The summed E-state index contributed by atoms with van der Waals surface area (Å²) in [7, 11) is 0. The van der Waals surface area contributed by atoms with Crippen molar-refractivity contribution >= 4 is 34.6 Å². The molecule has 6 rings (SSSR count). The van der Waals surface area contributed by atoms with Crippen molar-refractivity contribution in [1.29, 1.82) is 0 Å². The van der Waals surface area contributed by atoms with E-state index in [1.165, 1.54) is 0 Å². The lowest BCUT2D eigenvalue weighted by Crippen LogP contribution is -2.28. The topological polar surface area (TPSA) is 142 Å². The molecule has 0 aliphatic heterocycles. The van der Waals surface area contributed by atoms with Crippen LogP contribution in [0.2, 0.25) is 0 Å². The molecule has 12 nitrogen and oxygen atoms in total. The van der Waals surface area contributed by atoms with Crippen LogP contribution >= 0.6 is 0 Å². The molecule has 61 heavy (non-hydrogen) atoms. The Bertz CT molecular complexity index is 2360. The third-order valence-electron chi connectivity index (χ3n) is 9.66. The summed E-state index contributed by atoms with van der Waals surface area (Å²) in [6.45, 7) is 14.5. The average molecular weight is 825 g/mol. The zero-order valence-corrected chi connectivity index (χ0v) is 33.4. The summed E-state index contributed by atoms with van der Waals surface area (Å²) in [6, 6.07) is 31.5. The Morgan fingerprint density at radius 2 is 0.770 bits per heavy atom. The van der Waals surface area contributed by atoms with Crippen LogP contribution in [0.3, 0.4) is 0 Å². The Kier molecular flexibility index (Phi) is 14.4. The van der Waals surface area contributed by atoms with Gasteiger partial charge in [0.1, 0.15) is 75.9 Å². The van der Waals surface area contributed by atoms with Gasteiger partial charge in [-0.1, -0.05) is 62.7 Å². The van der Waals surface area contributed by atoms with Crippen LogP contribution < -0.4 is 18.9 Å². The number of benzene rings is 5. The number of esters is 4. The number of hydrogen-bond donors (Lipinski definition) is 0. The van der Waals surface area contributed by atoms with Crippen molar-refractivity contribution in [3.05, 3.63) is 170 Å². The molecule has 0 unspecified atom stereocenters. The van der Waals surface area contributed by atoms with E-state index in [1.807, 2.05) is 84.9 Å². The quantitative estimate of drug-likeness (QED) is 0.0288. The minimum absolute atomic E-state index is 0.0301. The molecule has 1 aliphatic rings. The van der Waals surface area contributed by atoms with Gasteiger partial charge in [0.2, 0.25) is 0 Å². The molecule has 0 saturated heterocycles. The maximum Gasteiger partial charge on any atom is 0.330 e. The highest BCUT2D eigenvalue weighted by Gasteiger charge is 2.46. The number of fused-ring (bicyclic) bond motifs is 4. The van der Waals surface area contributed by atoms with Gasteiger partial charge in [-0.05, 0) is 105 Å². The van der Waals surface area contributed by atoms with Crippen molar-refractivity contribution < 1.29 is 57.1 Å². The number of ether oxygens (including phenoxy) is 8. The summed E-state index contributed by atoms with van der Waals surface area (Å²) >= 11 is 0. The first kappa shape index (κ1) is 43.0. The van der Waals surface area contributed by atoms with Gasteiger partial charge in [-0.3, -0.25) is 0 Å². The van der Waals surface area contributed by atoms with Gasteiger partial charge >= 0.3 is 23.9 Å². The fourth-order valence-corrected chi connectivity index (χ4v) is 7.04. The van der Waals surface area contributed by atoms with Gasteiger partial charge in [-0.25, -0.2) is 19.2 Å². The first-order valence-corrected chi connectivity index (χ1v) is 19.3. The van der Waals surface area contributed by atoms with E-state index in [1.54, 1.807) is 0 Å². The fourth-order valence-electron chi connectivity index (χ4n) is 7.04. The third-order valence-corrected chi connectivity index (χ3v) is 9.66. The largest absolute Gasteiger partial charge is 0.490 e. The molecule has 0 aromatic heterocycles. The molecule has 5 aromatic rings. The van der Waals surface area contributed by atoms with E-state index in [0.717, 1.165) is 68.5 Å². The van der Waals surface area contributed by atoms with E-state index in [-0.39, 0.29) is 52.9 Å². The Balaban J connectivity index is 1.44. The van der Waals surface area contributed by atoms with Crippen LogP contribution in [0, 0.1) is 0 Å². The maximum atomic E-state index is 11.7. The summed E-state index contributed by atoms with van der Waals surface area (Å²) in [4.78, 5) is 46.3. The molecule has 0 spiro atoms. The molecule has 0 radical (unpaired) electrons. The Labute approximate surface area is 353 Å². The highest BCUT2D eigenvalue weighted by molar-refractivity contribution is 5.96. The fraction of sp³-hybridized carbons (Fsp3) is 0.184. The van der Waals surface area contributed by atoms with E-state index < -0.39 is 29.3 Å². The van der Waals surface area contributed by atoms with Crippen LogP contribution in [0.5, 0.6) is 23.0 Å². The molecular formula is C49H44O12. The van der Waals surface area contributed by atoms with Gasteiger partial charge in [0.05, 0.1) is 5.41 Å². The van der Waals surface area contributed by atoms with Gasteiger partial charge in [0, 0.05) is 24.3 Å². The van der Waals surface area contributed by atoms with Crippen molar-refractivity contribution in [1.82, 2.24) is 0 Å². The molecule has 0 bridgehead atoms. The Morgan fingerprint density at radius 3 is 1.21 bits per heavy atom. The first-order valence-electron chi connectivity index (χ1n) is 19.3. The molecule has 12 heteroatoms. The molecule has 1 aliphatic carbocycles. The lowest BCUT2D eigenvalue weighted by Gasteiger charge is -2.34. The first-order chi connectivity index (χ1) is 29.7. The SMILES string of the molecule is C=CC(=O)OCCOc1ccc(C2(c3ccc(OCCOC(=O)C=C)cc3)c3cc(OCCOC(=O)C=C)ccc3-c3cc4cc(OCCOC(=O)C=C)ccc4cc32)cc1. The van der Waals surface area contributed by atoms with E-state index in [4.69, 9.17) is 37.9 Å². The smallest absolute Gasteiger partial charge is 0.330 e. The summed E-state index contributed by atoms with van der Waals surface area (Å²) in [5, 5.41) is 1.87. The standard InChI is InChI=1S/C49H44O12/c1-5-45(50)58-25-21-54-37-15-10-35(11-16-37)49(36-12-17-38(18-13-36)55-22-26-59-46(51)6-2)43-31-33-9-14-39(56-23-27-60-47(52)7-3)29-34(33)30-42(43)41-20-19-40(32-44(41)49)57-24-28-61-48(53)8-4/h5-20,29-32H,1-4,21-28H2. The van der Waals surface area contributed by atoms with Gasteiger partial charge in [0.15, 0.2) is 0 Å². The second kappa shape index (κ2) is 20.4. The van der Waals surface area contributed by atoms with Crippen molar-refractivity contribution in [2.75, 3.05) is 52.9 Å². The van der Waals surface area contributed by atoms with Gasteiger partial charge in [-0.2, -0.15) is 0 Å². The molecule has 0 saturated carbocycles. The highest BCUT2D eigenvalue weighted by Crippen LogP contribution is 2.58. The van der Waals surface area contributed by atoms with E-state index in [9.17, 15) is 19.2 Å². The lowest BCUT2D eigenvalue weighted by atomic mass is 9.67. The summed E-state index contributed by atoms with van der Waals surface area (Å²) in [6.07, 6.45) is 4.40. The molecule has 0 fully saturated rings. The van der Waals surface area contributed by atoms with Crippen molar-refractivity contribution in [2.24, 2.45) is 0 Å². The average Bonchev–Trinajstić information content (AvgIpc) is 3.57. The predicted molar refractivity (Wildman–Crippen MR) is 228 cm³/mol. The predicted octanol–water partition coefficient (Wildman–Crippen LogP) is 7.63. The van der Waals surface area contributed by atoms with Crippen molar-refractivity contribution in [2.45, 2.75) is 5.41 Å². The summed E-state index contributed by atoms with van der Waals surface area (Å²) in [5.74, 6) is 0.190. The van der Waals surface area contributed by atoms with Gasteiger partial charge < -0.3 is 37.9 Å². The molecule has 5 aromatic carbocycles. The number of carbonyl (C=O) groups excluding carboxylic acids is 4. The van der Waals surface area contributed by atoms with Crippen LogP contribution in [0.1, 0.15) is 22.3 Å². The second-order valence-corrected chi connectivity index (χ2v) is 13.3. The third kappa shape index (κ3) is 10.2. The van der Waals surface area contributed by atoms with Crippen LogP contribution in [-0.4, -0.2) is 76.7 Å². The van der Waals surface area contributed by atoms with Gasteiger partial charge in [0.25, 0.3) is 0 Å². The molecule has 0 atom stereocenters. The van der Waals surface area contributed by atoms with Crippen molar-refractivity contribution in [3.63, 3.8) is 0 Å². The zero-order chi connectivity index (χ0) is 43.2. The Morgan fingerprint density at radius 1 is 0.393 bits per heavy atom. The van der Waals surface area contributed by atoms with E-state index >= 15 is 0 Å². The monoisotopic (exact) mass is 824 g/mol. The highest BCUT2D eigenvalue weighted by atomic mass is 16.6. The summed E-state index contributed by atoms with van der Waals surface area (Å²) in [5.41, 5.74) is 4.74. The second-order valence-electron chi connectivity index (χ2n) is 13.3. The number of carbonyl (C=O) groups is 4. The van der Waals surface area contributed by atoms with Crippen LogP contribution in [0.15, 0.2) is 148 Å². The number of hydrogen-bond acceptors (Lipinski definition) is 12. The minimum atomic E-state index is -0.923. The molecule has 0 amide bonds. The minimum Gasteiger partial charge on any atom is -0.490 e. The molecule has 0 heterocycles. The maximum absolute atomic E-state index is 11.7. The zero-order valence-electron chi connectivity index (χ0n) is 33.4. The Hall–Kier alpha value is -7.60. The van der Waals surface area contributed by atoms with Gasteiger partial charge in [-0.15, -0.1) is 0 Å². The molecule has 312 valence electrons. The van der Waals surface area contributed by atoms with Crippen LogP contribution in [0.25, 0.3) is 21.9 Å². The normalized spacial score (nSPS) is 11.8. The van der Waals surface area contributed by atoms with E-state index in [0.29, 0.717) is 23.0 Å². The molecule has 0 N–H and O–H groups in total. The lowest BCUT2D eigenvalue weighted by molar-refractivity contribution is -0.139. The molecular weight excluding hydrogens is 781 g/mol. The summed E-state index contributed by atoms with van der Waals surface area (Å²) < 4.78 is 44.4. The van der Waals surface area contributed by atoms with Crippen molar-refractivity contribution in [3.8, 4) is 34.1 Å². The van der Waals surface area contributed by atoms with E-state index in [2.05, 4.69) is 38.4 Å².